The van der Waals surface area contributed by atoms with Crippen LogP contribution < -0.4 is 10.5 Å². The fourth-order valence-corrected chi connectivity index (χ4v) is 3.37. The number of nitrogens with two attached hydrogens (primary N) is 1. The molecule has 104 valence electrons. The third-order valence-corrected chi connectivity index (χ3v) is 4.61. The summed E-state index contributed by atoms with van der Waals surface area (Å²) in [5.74, 6) is 1.11. The smallest absolute Gasteiger partial charge is 0.123 e. The predicted molar refractivity (Wildman–Crippen MR) is 77.6 cm³/mol. The predicted octanol–water partition coefficient (Wildman–Crippen LogP) is 2.11. The second kappa shape index (κ2) is 5.14. The molecule has 0 radical (unpaired) electrons. The average molecular weight is 260 g/mol. The Morgan fingerprint density at radius 1 is 1.26 bits per heavy atom. The van der Waals surface area contributed by atoms with E-state index in [0.717, 1.165) is 51.2 Å². The summed E-state index contributed by atoms with van der Waals surface area (Å²) in [4.78, 5) is 2.46. The van der Waals surface area contributed by atoms with Crippen LogP contribution in [0.25, 0.3) is 0 Å². The van der Waals surface area contributed by atoms with Crippen molar-refractivity contribution in [3.05, 3.63) is 29.3 Å². The summed E-state index contributed by atoms with van der Waals surface area (Å²) in [5, 5.41) is 0. The van der Waals surface area contributed by atoms with Crippen LogP contribution in [0.5, 0.6) is 5.75 Å². The quantitative estimate of drug-likeness (QED) is 0.885. The number of piperidine rings is 1. The Morgan fingerprint density at radius 2 is 2.05 bits per heavy atom. The lowest BCUT2D eigenvalue weighted by atomic mass is 9.83. The van der Waals surface area contributed by atoms with Crippen LogP contribution in [0.1, 0.15) is 30.4 Å². The van der Waals surface area contributed by atoms with Crippen LogP contribution >= 0.6 is 0 Å². The molecular weight excluding hydrogens is 236 g/mol. The Kier molecular flexibility index (Phi) is 3.50. The summed E-state index contributed by atoms with van der Waals surface area (Å²) in [7, 11) is 0. The van der Waals surface area contributed by atoms with Crippen molar-refractivity contribution in [2.75, 3.05) is 26.2 Å². The van der Waals surface area contributed by atoms with Gasteiger partial charge in [-0.1, -0.05) is 17.7 Å². The fourth-order valence-electron chi connectivity index (χ4n) is 3.37. The van der Waals surface area contributed by atoms with E-state index in [1.165, 1.54) is 17.5 Å². The Labute approximate surface area is 115 Å². The van der Waals surface area contributed by atoms with Crippen molar-refractivity contribution in [1.29, 1.82) is 0 Å². The summed E-state index contributed by atoms with van der Waals surface area (Å²) in [6.07, 6.45) is 4.61. The Balaban J connectivity index is 1.70. The van der Waals surface area contributed by atoms with Gasteiger partial charge in [0, 0.05) is 26.2 Å². The van der Waals surface area contributed by atoms with Gasteiger partial charge >= 0.3 is 0 Å². The minimum atomic E-state index is 0.0906. The molecule has 0 bridgehead atoms. The van der Waals surface area contributed by atoms with Crippen LogP contribution in [0.15, 0.2) is 18.2 Å². The second-order valence-corrected chi connectivity index (χ2v) is 6.03. The maximum atomic E-state index is 6.38. The summed E-state index contributed by atoms with van der Waals surface area (Å²) in [6, 6.07) is 6.57. The lowest BCUT2D eigenvalue weighted by Crippen LogP contribution is -2.50. The average Bonchev–Trinajstić information content (AvgIpc) is 2.42. The van der Waals surface area contributed by atoms with Crippen molar-refractivity contribution in [2.45, 2.75) is 38.2 Å². The minimum absolute atomic E-state index is 0.0906. The van der Waals surface area contributed by atoms with Gasteiger partial charge in [-0.25, -0.2) is 0 Å². The topological polar surface area (TPSA) is 38.5 Å². The van der Waals surface area contributed by atoms with E-state index in [4.69, 9.17) is 10.5 Å². The Hall–Kier alpha value is -1.06. The first-order valence-electron chi connectivity index (χ1n) is 7.42. The van der Waals surface area contributed by atoms with Gasteiger partial charge in [-0.15, -0.1) is 0 Å². The van der Waals surface area contributed by atoms with Crippen LogP contribution in [0.3, 0.4) is 0 Å². The lowest BCUT2D eigenvalue weighted by molar-refractivity contribution is -0.0137. The van der Waals surface area contributed by atoms with Crippen LogP contribution in [-0.4, -0.2) is 36.7 Å². The highest BCUT2D eigenvalue weighted by atomic mass is 16.5. The molecule has 3 heteroatoms. The molecule has 2 aliphatic rings. The zero-order chi connectivity index (χ0) is 13.3. The third kappa shape index (κ3) is 2.63. The van der Waals surface area contributed by atoms with Crippen molar-refractivity contribution in [3.8, 4) is 5.75 Å². The highest BCUT2D eigenvalue weighted by molar-refractivity contribution is 5.39. The van der Waals surface area contributed by atoms with Crippen molar-refractivity contribution < 1.29 is 4.74 Å². The first-order chi connectivity index (χ1) is 9.21. The molecule has 2 heterocycles. The van der Waals surface area contributed by atoms with Crippen molar-refractivity contribution in [3.63, 3.8) is 0 Å². The van der Waals surface area contributed by atoms with Gasteiger partial charge in [0.2, 0.25) is 0 Å². The minimum Gasteiger partial charge on any atom is -0.487 e. The van der Waals surface area contributed by atoms with Crippen molar-refractivity contribution >= 4 is 0 Å². The Bertz CT molecular complexity index is 450. The standard InChI is InChI=1S/C16H24N2O/c1-13-2-3-15-14(12-13)4-5-16(19-15)6-9-18(10-7-16)11-8-17/h2-3,12H,4-11,17H2,1H3. The highest BCUT2D eigenvalue weighted by Gasteiger charge is 2.39. The molecule has 1 aromatic carbocycles. The normalized spacial score (nSPS) is 22.0. The molecule has 1 fully saturated rings. The number of aryl methyl sites for hydroxylation is 2. The van der Waals surface area contributed by atoms with E-state index < -0.39 is 0 Å². The first kappa shape index (κ1) is 12.9. The van der Waals surface area contributed by atoms with Gasteiger partial charge in [0.15, 0.2) is 0 Å². The summed E-state index contributed by atoms with van der Waals surface area (Å²) >= 11 is 0. The summed E-state index contributed by atoms with van der Waals surface area (Å²) in [6.45, 7) is 6.18. The largest absolute Gasteiger partial charge is 0.487 e. The second-order valence-electron chi connectivity index (χ2n) is 6.03. The Morgan fingerprint density at radius 3 is 2.79 bits per heavy atom. The number of likely N-dealkylation sites (tertiary alicyclic amines) is 1. The first-order valence-corrected chi connectivity index (χ1v) is 7.42. The van der Waals surface area contributed by atoms with E-state index in [9.17, 15) is 0 Å². The summed E-state index contributed by atoms with van der Waals surface area (Å²) < 4.78 is 6.38. The lowest BCUT2D eigenvalue weighted by Gasteiger charge is -2.44. The molecule has 19 heavy (non-hydrogen) atoms. The third-order valence-electron chi connectivity index (χ3n) is 4.61. The number of ether oxygens (including phenoxy) is 1. The van der Waals surface area contributed by atoms with E-state index in [1.54, 1.807) is 0 Å². The van der Waals surface area contributed by atoms with Gasteiger partial charge in [0.1, 0.15) is 11.4 Å². The highest BCUT2D eigenvalue weighted by Crippen LogP contribution is 2.39. The zero-order valence-corrected chi connectivity index (χ0v) is 11.8. The maximum Gasteiger partial charge on any atom is 0.123 e. The molecule has 0 atom stereocenters. The maximum absolute atomic E-state index is 6.38. The van der Waals surface area contributed by atoms with Crippen LogP contribution in [0.4, 0.5) is 0 Å². The fraction of sp³-hybridized carbons (Fsp3) is 0.625. The van der Waals surface area contributed by atoms with E-state index in [-0.39, 0.29) is 5.60 Å². The monoisotopic (exact) mass is 260 g/mol. The van der Waals surface area contributed by atoms with Crippen molar-refractivity contribution in [2.24, 2.45) is 5.73 Å². The van der Waals surface area contributed by atoms with Gasteiger partial charge < -0.3 is 15.4 Å². The van der Waals surface area contributed by atoms with Gasteiger partial charge in [0.25, 0.3) is 0 Å². The molecule has 1 spiro atoms. The number of benzene rings is 1. The number of fused-ring (bicyclic) bond motifs is 1. The van der Waals surface area contributed by atoms with Crippen LogP contribution in [-0.2, 0) is 6.42 Å². The van der Waals surface area contributed by atoms with Crippen molar-refractivity contribution in [1.82, 2.24) is 4.90 Å². The van der Waals surface area contributed by atoms with Gasteiger partial charge in [-0.05, 0) is 44.2 Å². The number of rotatable bonds is 2. The van der Waals surface area contributed by atoms with Crippen LogP contribution in [0, 0.1) is 6.92 Å². The van der Waals surface area contributed by atoms with Crippen LogP contribution in [0.2, 0.25) is 0 Å². The van der Waals surface area contributed by atoms with E-state index in [0.29, 0.717) is 0 Å². The molecule has 1 aromatic rings. The molecule has 0 aliphatic carbocycles. The van der Waals surface area contributed by atoms with Gasteiger partial charge in [-0.3, -0.25) is 0 Å². The number of hydrogen-bond donors (Lipinski definition) is 1. The molecule has 0 unspecified atom stereocenters. The number of nitrogens with zero attached hydrogens (tertiary/aromatic N) is 1. The van der Waals surface area contributed by atoms with E-state index in [1.807, 2.05) is 0 Å². The molecule has 0 saturated carbocycles. The van der Waals surface area contributed by atoms with E-state index in [2.05, 4.69) is 30.0 Å². The molecule has 2 N–H and O–H groups in total. The summed E-state index contributed by atoms with van der Waals surface area (Å²) in [5.41, 5.74) is 8.44. The van der Waals surface area contributed by atoms with Gasteiger partial charge in [-0.2, -0.15) is 0 Å². The molecule has 3 nitrogen and oxygen atoms in total. The molecule has 2 aliphatic heterocycles. The molecule has 1 saturated heterocycles. The van der Waals surface area contributed by atoms with Gasteiger partial charge in [0.05, 0.1) is 0 Å². The zero-order valence-electron chi connectivity index (χ0n) is 11.8. The molecule has 0 aromatic heterocycles. The van der Waals surface area contributed by atoms with E-state index >= 15 is 0 Å². The SMILES string of the molecule is Cc1ccc2c(c1)CCC1(CCN(CCN)CC1)O2. The number of hydrogen-bond acceptors (Lipinski definition) is 3. The molecule has 3 rings (SSSR count). The molecule has 0 amide bonds. The molecular formula is C16H24N2O.